The molecule has 0 spiro atoms. The summed E-state index contributed by atoms with van der Waals surface area (Å²) in [4.78, 5) is 13.9. The Bertz CT molecular complexity index is 443. The van der Waals surface area contributed by atoms with Crippen molar-refractivity contribution in [2.45, 2.75) is 33.5 Å². The van der Waals surface area contributed by atoms with Gasteiger partial charge in [-0.2, -0.15) is 0 Å². The molecule has 5 nitrogen and oxygen atoms in total. The number of carbonyl (C=O) groups is 1. The SMILES string of the molecule is CCN(CC)C(=O)C(C)Oc1ccc(CO)cc1OC. The van der Waals surface area contributed by atoms with Crippen LogP contribution in [0.4, 0.5) is 0 Å². The highest BCUT2D eigenvalue weighted by Crippen LogP contribution is 2.29. The quantitative estimate of drug-likeness (QED) is 0.828. The molecule has 0 aliphatic carbocycles. The molecular formula is C15H23NO4. The molecule has 1 rings (SSSR count). The van der Waals surface area contributed by atoms with Crippen LogP contribution in [0.5, 0.6) is 11.5 Å². The van der Waals surface area contributed by atoms with Crippen molar-refractivity contribution in [2.75, 3.05) is 20.2 Å². The van der Waals surface area contributed by atoms with Crippen molar-refractivity contribution in [3.8, 4) is 11.5 Å². The van der Waals surface area contributed by atoms with E-state index in [0.717, 1.165) is 5.56 Å². The number of methoxy groups -OCH3 is 1. The lowest BCUT2D eigenvalue weighted by atomic mass is 10.2. The minimum atomic E-state index is -0.580. The number of likely N-dealkylation sites (N-methyl/N-ethyl adjacent to an activating group) is 1. The first kappa shape index (κ1) is 16.3. The molecule has 0 aliphatic heterocycles. The highest BCUT2D eigenvalue weighted by atomic mass is 16.5. The lowest BCUT2D eigenvalue weighted by Gasteiger charge is -2.24. The topological polar surface area (TPSA) is 59.0 Å². The Morgan fingerprint density at radius 1 is 1.30 bits per heavy atom. The predicted octanol–water partition coefficient (Wildman–Crippen LogP) is 1.82. The molecule has 0 saturated heterocycles. The smallest absolute Gasteiger partial charge is 0.263 e. The third-order valence-electron chi connectivity index (χ3n) is 3.14. The second-order valence-corrected chi connectivity index (χ2v) is 4.41. The summed E-state index contributed by atoms with van der Waals surface area (Å²) in [6.07, 6.45) is -0.580. The first-order valence-corrected chi connectivity index (χ1v) is 6.80. The maximum absolute atomic E-state index is 12.2. The van der Waals surface area contributed by atoms with E-state index in [1.807, 2.05) is 13.8 Å². The standard InChI is InChI=1S/C15H23NO4/c1-5-16(6-2)15(18)11(3)20-13-8-7-12(10-17)9-14(13)19-4/h7-9,11,17H,5-6,10H2,1-4H3. The highest BCUT2D eigenvalue weighted by molar-refractivity contribution is 5.80. The van der Waals surface area contributed by atoms with Gasteiger partial charge in [-0.05, 0) is 38.5 Å². The van der Waals surface area contributed by atoms with E-state index in [9.17, 15) is 4.79 Å². The zero-order valence-electron chi connectivity index (χ0n) is 12.5. The van der Waals surface area contributed by atoms with Crippen molar-refractivity contribution in [2.24, 2.45) is 0 Å². The van der Waals surface area contributed by atoms with E-state index in [0.29, 0.717) is 24.6 Å². The number of rotatable bonds is 7. The molecule has 1 atom stereocenters. The second-order valence-electron chi connectivity index (χ2n) is 4.41. The summed E-state index contributed by atoms with van der Waals surface area (Å²) >= 11 is 0. The molecular weight excluding hydrogens is 258 g/mol. The van der Waals surface area contributed by atoms with Gasteiger partial charge in [-0.1, -0.05) is 6.07 Å². The molecule has 5 heteroatoms. The molecule has 112 valence electrons. The second kappa shape index (κ2) is 7.75. The molecule has 0 saturated carbocycles. The van der Waals surface area contributed by atoms with E-state index in [1.165, 1.54) is 7.11 Å². The van der Waals surface area contributed by atoms with Crippen molar-refractivity contribution < 1.29 is 19.4 Å². The fraction of sp³-hybridized carbons (Fsp3) is 0.533. The van der Waals surface area contributed by atoms with Gasteiger partial charge in [0, 0.05) is 13.1 Å². The monoisotopic (exact) mass is 281 g/mol. The zero-order valence-corrected chi connectivity index (χ0v) is 12.5. The van der Waals surface area contributed by atoms with Gasteiger partial charge in [0.25, 0.3) is 5.91 Å². The average molecular weight is 281 g/mol. The third-order valence-corrected chi connectivity index (χ3v) is 3.14. The molecule has 1 amide bonds. The van der Waals surface area contributed by atoms with Gasteiger partial charge < -0.3 is 19.5 Å². The van der Waals surface area contributed by atoms with Gasteiger partial charge in [0.05, 0.1) is 13.7 Å². The molecule has 20 heavy (non-hydrogen) atoms. The largest absolute Gasteiger partial charge is 0.493 e. The summed E-state index contributed by atoms with van der Waals surface area (Å²) in [5.74, 6) is 0.955. The summed E-state index contributed by atoms with van der Waals surface area (Å²) in [6.45, 7) is 6.84. The molecule has 1 N–H and O–H groups in total. The Kier molecular flexibility index (Phi) is 6.31. The lowest BCUT2D eigenvalue weighted by Crippen LogP contribution is -2.40. The van der Waals surface area contributed by atoms with Gasteiger partial charge >= 0.3 is 0 Å². The molecule has 1 unspecified atom stereocenters. The van der Waals surface area contributed by atoms with Crippen molar-refractivity contribution in [1.29, 1.82) is 0 Å². The van der Waals surface area contributed by atoms with E-state index >= 15 is 0 Å². The summed E-state index contributed by atoms with van der Waals surface area (Å²) in [5.41, 5.74) is 0.733. The lowest BCUT2D eigenvalue weighted by molar-refractivity contribution is -0.137. The first-order chi connectivity index (χ1) is 9.57. The van der Waals surface area contributed by atoms with Crippen molar-refractivity contribution >= 4 is 5.91 Å². The fourth-order valence-electron chi connectivity index (χ4n) is 1.94. The summed E-state index contributed by atoms with van der Waals surface area (Å²) < 4.78 is 10.9. The van der Waals surface area contributed by atoms with Gasteiger partial charge in [-0.25, -0.2) is 0 Å². The van der Waals surface area contributed by atoms with Crippen LogP contribution in [0.3, 0.4) is 0 Å². The van der Waals surface area contributed by atoms with E-state index < -0.39 is 6.10 Å². The van der Waals surface area contributed by atoms with Crippen LogP contribution in [-0.4, -0.2) is 42.2 Å². The Morgan fingerprint density at radius 2 is 1.95 bits per heavy atom. The van der Waals surface area contributed by atoms with Crippen LogP contribution in [0, 0.1) is 0 Å². The summed E-state index contributed by atoms with van der Waals surface area (Å²) in [7, 11) is 1.53. The molecule has 0 heterocycles. The van der Waals surface area contributed by atoms with Crippen LogP contribution in [0.15, 0.2) is 18.2 Å². The van der Waals surface area contributed by atoms with Crippen LogP contribution in [0.25, 0.3) is 0 Å². The van der Waals surface area contributed by atoms with E-state index in [-0.39, 0.29) is 12.5 Å². The Balaban J connectivity index is 2.84. The van der Waals surface area contributed by atoms with Gasteiger partial charge in [0.2, 0.25) is 0 Å². The summed E-state index contributed by atoms with van der Waals surface area (Å²) in [6, 6.07) is 5.15. The molecule has 0 aromatic heterocycles. The van der Waals surface area contributed by atoms with Gasteiger partial charge in [0.15, 0.2) is 17.6 Å². The minimum Gasteiger partial charge on any atom is -0.493 e. The molecule has 0 aliphatic rings. The fourth-order valence-corrected chi connectivity index (χ4v) is 1.94. The number of benzene rings is 1. The maximum atomic E-state index is 12.2. The maximum Gasteiger partial charge on any atom is 0.263 e. The molecule has 1 aromatic rings. The normalized spacial score (nSPS) is 11.8. The minimum absolute atomic E-state index is 0.0525. The van der Waals surface area contributed by atoms with E-state index in [4.69, 9.17) is 14.6 Å². The van der Waals surface area contributed by atoms with Crippen molar-refractivity contribution in [1.82, 2.24) is 4.90 Å². The number of nitrogens with zero attached hydrogens (tertiary/aromatic N) is 1. The highest BCUT2D eigenvalue weighted by Gasteiger charge is 2.21. The Morgan fingerprint density at radius 3 is 2.45 bits per heavy atom. The average Bonchev–Trinajstić information content (AvgIpc) is 2.48. The van der Waals surface area contributed by atoms with Crippen LogP contribution in [0.1, 0.15) is 26.3 Å². The number of aliphatic hydroxyl groups is 1. The number of ether oxygens (including phenoxy) is 2. The number of carbonyl (C=O) groups excluding carboxylic acids is 1. The number of hydrogen-bond donors (Lipinski definition) is 1. The first-order valence-electron chi connectivity index (χ1n) is 6.80. The van der Waals surface area contributed by atoms with Crippen LogP contribution >= 0.6 is 0 Å². The molecule has 0 radical (unpaired) electrons. The Labute approximate surface area is 120 Å². The van der Waals surface area contributed by atoms with Gasteiger partial charge in [-0.15, -0.1) is 0 Å². The third kappa shape index (κ3) is 3.87. The predicted molar refractivity (Wildman–Crippen MR) is 76.9 cm³/mol. The van der Waals surface area contributed by atoms with E-state index in [1.54, 1.807) is 30.0 Å². The van der Waals surface area contributed by atoms with Crippen molar-refractivity contribution in [3.05, 3.63) is 23.8 Å². The zero-order chi connectivity index (χ0) is 15.1. The van der Waals surface area contributed by atoms with Crippen LogP contribution < -0.4 is 9.47 Å². The summed E-state index contributed by atoms with van der Waals surface area (Å²) in [5, 5.41) is 9.10. The number of amides is 1. The number of aliphatic hydroxyl groups excluding tert-OH is 1. The van der Waals surface area contributed by atoms with E-state index in [2.05, 4.69) is 0 Å². The molecule has 1 aromatic carbocycles. The van der Waals surface area contributed by atoms with Crippen molar-refractivity contribution in [3.63, 3.8) is 0 Å². The Hall–Kier alpha value is -1.75. The molecule has 0 bridgehead atoms. The van der Waals surface area contributed by atoms with Crippen LogP contribution in [0.2, 0.25) is 0 Å². The van der Waals surface area contributed by atoms with Crippen LogP contribution in [-0.2, 0) is 11.4 Å². The van der Waals surface area contributed by atoms with Gasteiger partial charge in [0.1, 0.15) is 0 Å². The molecule has 0 fully saturated rings. The van der Waals surface area contributed by atoms with Gasteiger partial charge in [-0.3, -0.25) is 4.79 Å². The number of hydrogen-bond acceptors (Lipinski definition) is 4.